The van der Waals surface area contributed by atoms with Gasteiger partial charge in [0.05, 0.1) is 11.4 Å². The molecule has 0 fully saturated rings. The first-order valence-corrected chi connectivity index (χ1v) is 5.32. The molecule has 4 nitrogen and oxygen atoms in total. The number of hydrogen-bond acceptors (Lipinski definition) is 4. The van der Waals surface area contributed by atoms with E-state index in [0.717, 1.165) is 23.4 Å². The first-order chi connectivity index (χ1) is 6.70. The van der Waals surface area contributed by atoms with Crippen LogP contribution in [0, 0.1) is 0 Å². The van der Waals surface area contributed by atoms with E-state index in [-0.39, 0.29) is 0 Å². The van der Waals surface area contributed by atoms with Gasteiger partial charge in [-0.05, 0) is 6.42 Å². The number of hydrogen-bond donors (Lipinski definition) is 1. The van der Waals surface area contributed by atoms with Gasteiger partial charge in [0.25, 0.3) is 0 Å². The third kappa shape index (κ3) is 1.50. The van der Waals surface area contributed by atoms with Crippen molar-refractivity contribution in [3.8, 4) is 11.3 Å². The molecule has 0 saturated carbocycles. The minimum atomic E-state index is 0.603. The molecule has 0 amide bonds. The van der Waals surface area contributed by atoms with Gasteiger partial charge < -0.3 is 5.73 Å². The molecule has 0 aliphatic heterocycles. The maximum atomic E-state index is 5.59. The Morgan fingerprint density at radius 1 is 1.57 bits per heavy atom. The van der Waals surface area contributed by atoms with Crippen molar-refractivity contribution in [3.05, 3.63) is 17.3 Å². The van der Waals surface area contributed by atoms with E-state index in [0.29, 0.717) is 5.13 Å². The van der Waals surface area contributed by atoms with Crippen LogP contribution in [-0.2, 0) is 13.5 Å². The molecule has 0 unspecified atom stereocenters. The summed E-state index contributed by atoms with van der Waals surface area (Å²) in [6.07, 6.45) is 2.89. The zero-order chi connectivity index (χ0) is 10.1. The van der Waals surface area contributed by atoms with Crippen molar-refractivity contribution in [2.45, 2.75) is 13.3 Å². The van der Waals surface area contributed by atoms with E-state index in [1.165, 1.54) is 11.3 Å². The maximum absolute atomic E-state index is 5.59. The summed E-state index contributed by atoms with van der Waals surface area (Å²) in [7, 11) is 1.92. The number of thiazole rings is 1. The summed E-state index contributed by atoms with van der Waals surface area (Å²) in [5.41, 5.74) is 8.68. The predicted octanol–water partition coefficient (Wildman–Crippen LogP) is 1.69. The highest BCUT2D eigenvalue weighted by Crippen LogP contribution is 2.25. The quantitative estimate of drug-likeness (QED) is 0.817. The summed E-state index contributed by atoms with van der Waals surface area (Å²) >= 11 is 1.46. The van der Waals surface area contributed by atoms with Crippen LogP contribution in [0.15, 0.2) is 11.6 Å². The van der Waals surface area contributed by atoms with Gasteiger partial charge in [0.15, 0.2) is 5.13 Å². The highest BCUT2D eigenvalue weighted by atomic mass is 32.1. The smallest absolute Gasteiger partial charge is 0.180 e. The minimum absolute atomic E-state index is 0.603. The van der Waals surface area contributed by atoms with E-state index in [1.807, 2.05) is 23.3 Å². The topological polar surface area (TPSA) is 56.7 Å². The molecule has 0 bridgehead atoms. The Hall–Kier alpha value is -1.36. The van der Waals surface area contributed by atoms with Crippen molar-refractivity contribution in [3.63, 3.8) is 0 Å². The lowest BCUT2D eigenvalue weighted by Crippen LogP contribution is -1.89. The molecule has 2 N–H and O–H groups in total. The van der Waals surface area contributed by atoms with Gasteiger partial charge in [0.1, 0.15) is 0 Å². The molecule has 14 heavy (non-hydrogen) atoms. The van der Waals surface area contributed by atoms with Crippen molar-refractivity contribution >= 4 is 16.5 Å². The zero-order valence-electron chi connectivity index (χ0n) is 8.19. The standard InChI is InChI=1S/C9H12N4S/c1-3-7-6(4-13(2)12-7)8-5-14-9(10)11-8/h4-5H,3H2,1-2H3,(H2,10,11). The number of nitrogens with zero attached hydrogens (tertiary/aromatic N) is 3. The van der Waals surface area contributed by atoms with Crippen LogP contribution in [0.1, 0.15) is 12.6 Å². The number of aromatic nitrogens is 3. The lowest BCUT2D eigenvalue weighted by molar-refractivity contribution is 0.746. The van der Waals surface area contributed by atoms with E-state index >= 15 is 0 Å². The fraction of sp³-hybridized carbons (Fsp3) is 0.333. The van der Waals surface area contributed by atoms with E-state index in [9.17, 15) is 0 Å². The van der Waals surface area contributed by atoms with Crippen LogP contribution < -0.4 is 5.73 Å². The SMILES string of the molecule is CCc1nn(C)cc1-c1csc(N)n1. The summed E-state index contributed by atoms with van der Waals surface area (Å²) in [4.78, 5) is 4.25. The van der Waals surface area contributed by atoms with Crippen LogP contribution in [0.2, 0.25) is 0 Å². The van der Waals surface area contributed by atoms with Gasteiger partial charge in [-0.1, -0.05) is 6.92 Å². The van der Waals surface area contributed by atoms with E-state index in [1.54, 1.807) is 0 Å². The summed E-state index contributed by atoms with van der Waals surface area (Å²) in [6, 6.07) is 0. The molecule has 0 radical (unpaired) electrons. The second-order valence-electron chi connectivity index (χ2n) is 3.09. The molecule has 2 aromatic heterocycles. The van der Waals surface area contributed by atoms with Gasteiger partial charge in [-0.2, -0.15) is 5.10 Å². The molecule has 0 atom stereocenters. The Balaban J connectivity index is 2.49. The first kappa shape index (κ1) is 9.21. The molecule has 74 valence electrons. The van der Waals surface area contributed by atoms with Gasteiger partial charge >= 0.3 is 0 Å². The number of rotatable bonds is 2. The second-order valence-corrected chi connectivity index (χ2v) is 3.98. The summed E-state index contributed by atoms with van der Waals surface area (Å²) < 4.78 is 1.81. The van der Waals surface area contributed by atoms with Crippen molar-refractivity contribution in [1.29, 1.82) is 0 Å². The van der Waals surface area contributed by atoms with Crippen LogP contribution in [0.3, 0.4) is 0 Å². The van der Waals surface area contributed by atoms with Gasteiger partial charge in [0, 0.05) is 24.2 Å². The third-order valence-electron chi connectivity index (χ3n) is 2.04. The van der Waals surface area contributed by atoms with Crippen molar-refractivity contribution in [1.82, 2.24) is 14.8 Å². The Bertz CT molecular complexity index is 443. The lowest BCUT2D eigenvalue weighted by atomic mass is 10.2. The normalized spacial score (nSPS) is 10.7. The molecule has 5 heteroatoms. The molecule has 0 spiro atoms. The van der Waals surface area contributed by atoms with Crippen molar-refractivity contribution in [2.24, 2.45) is 7.05 Å². The van der Waals surface area contributed by atoms with Crippen LogP contribution in [0.4, 0.5) is 5.13 Å². The van der Waals surface area contributed by atoms with Gasteiger partial charge in [-0.25, -0.2) is 4.98 Å². The minimum Gasteiger partial charge on any atom is -0.375 e. The number of aryl methyl sites for hydroxylation is 2. The number of nitrogens with two attached hydrogens (primary N) is 1. The monoisotopic (exact) mass is 208 g/mol. The molecule has 0 saturated heterocycles. The summed E-state index contributed by atoms with van der Waals surface area (Å²) in [5, 5.41) is 6.92. The van der Waals surface area contributed by atoms with Crippen LogP contribution >= 0.6 is 11.3 Å². The average Bonchev–Trinajstić information content (AvgIpc) is 2.71. The molecule has 2 aromatic rings. The average molecular weight is 208 g/mol. The predicted molar refractivity (Wildman–Crippen MR) is 58.1 cm³/mol. The fourth-order valence-corrected chi connectivity index (χ4v) is 1.98. The highest BCUT2D eigenvalue weighted by molar-refractivity contribution is 7.13. The fourth-order valence-electron chi connectivity index (χ4n) is 1.42. The molecular weight excluding hydrogens is 196 g/mol. The van der Waals surface area contributed by atoms with E-state index in [4.69, 9.17) is 5.73 Å². The molecule has 0 aromatic carbocycles. The van der Waals surface area contributed by atoms with Crippen LogP contribution in [0.5, 0.6) is 0 Å². The van der Waals surface area contributed by atoms with Crippen LogP contribution in [-0.4, -0.2) is 14.8 Å². The third-order valence-corrected chi connectivity index (χ3v) is 2.71. The Kier molecular flexibility index (Phi) is 2.25. The highest BCUT2D eigenvalue weighted by Gasteiger charge is 2.10. The number of anilines is 1. The Morgan fingerprint density at radius 2 is 2.36 bits per heavy atom. The lowest BCUT2D eigenvalue weighted by Gasteiger charge is -1.93. The second kappa shape index (κ2) is 3.42. The zero-order valence-corrected chi connectivity index (χ0v) is 9.01. The molecule has 0 aliphatic rings. The first-order valence-electron chi connectivity index (χ1n) is 4.44. The molecule has 2 heterocycles. The maximum Gasteiger partial charge on any atom is 0.180 e. The molecular formula is C9H12N4S. The van der Waals surface area contributed by atoms with E-state index < -0.39 is 0 Å². The molecule has 0 aliphatic carbocycles. The summed E-state index contributed by atoms with van der Waals surface area (Å²) in [6.45, 7) is 2.08. The largest absolute Gasteiger partial charge is 0.375 e. The van der Waals surface area contributed by atoms with E-state index in [2.05, 4.69) is 17.0 Å². The van der Waals surface area contributed by atoms with Gasteiger partial charge in [-0.15, -0.1) is 11.3 Å². The van der Waals surface area contributed by atoms with Crippen molar-refractivity contribution in [2.75, 3.05) is 5.73 Å². The van der Waals surface area contributed by atoms with Gasteiger partial charge in [0.2, 0.25) is 0 Å². The Labute approximate surface area is 86.4 Å². The van der Waals surface area contributed by atoms with Crippen molar-refractivity contribution < 1.29 is 0 Å². The Morgan fingerprint density at radius 3 is 2.93 bits per heavy atom. The summed E-state index contributed by atoms with van der Waals surface area (Å²) in [5.74, 6) is 0. The van der Waals surface area contributed by atoms with Crippen LogP contribution in [0.25, 0.3) is 11.3 Å². The molecule has 2 rings (SSSR count). The number of nitrogen functional groups attached to an aromatic ring is 1. The van der Waals surface area contributed by atoms with Gasteiger partial charge in [-0.3, -0.25) is 4.68 Å².